The van der Waals surface area contributed by atoms with E-state index in [2.05, 4.69) is 11.6 Å². The van der Waals surface area contributed by atoms with Crippen molar-refractivity contribution in [3.05, 3.63) is 0 Å². The minimum absolute atomic E-state index is 0.872. The topological polar surface area (TPSA) is 12.0 Å². The second-order valence-electron chi connectivity index (χ2n) is 6.68. The molecule has 4 fully saturated rings. The van der Waals surface area contributed by atoms with Crippen LogP contribution in [0.1, 0.15) is 44.9 Å². The molecular weight excluding hydrogens is 226 g/mol. The van der Waals surface area contributed by atoms with E-state index < -0.39 is 0 Å². The maximum absolute atomic E-state index is 3.90. The predicted molar refractivity (Wildman–Crippen MR) is 76.5 cm³/mol. The predicted octanol–water partition coefficient (Wildman–Crippen LogP) is 3.54. The van der Waals surface area contributed by atoms with Gasteiger partial charge in [-0.05, 0) is 87.2 Å². The van der Waals surface area contributed by atoms with Gasteiger partial charge >= 0.3 is 0 Å². The zero-order valence-electron chi connectivity index (χ0n) is 11.2. The fraction of sp³-hybridized carbons (Fsp3) is 1.00. The third-order valence-corrected chi connectivity index (χ3v) is 6.06. The summed E-state index contributed by atoms with van der Waals surface area (Å²) in [4.78, 5) is 0. The van der Waals surface area contributed by atoms with Crippen LogP contribution in [0.4, 0.5) is 0 Å². The molecule has 98 valence electrons. The quantitative estimate of drug-likeness (QED) is 0.752. The Morgan fingerprint density at radius 2 is 1.59 bits per heavy atom. The smallest absolute Gasteiger partial charge is 0.00981 e. The Morgan fingerprint density at radius 1 is 0.941 bits per heavy atom. The zero-order chi connectivity index (χ0) is 11.7. The Kier molecular flexibility index (Phi) is 4.01. The van der Waals surface area contributed by atoms with Crippen molar-refractivity contribution in [2.75, 3.05) is 18.6 Å². The number of rotatable bonds is 5. The second kappa shape index (κ2) is 5.52. The fourth-order valence-electron chi connectivity index (χ4n) is 4.87. The van der Waals surface area contributed by atoms with Gasteiger partial charge in [0, 0.05) is 6.04 Å². The van der Waals surface area contributed by atoms with E-state index in [0.29, 0.717) is 0 Å². The summed E-state index contributed by atoms with van der Waals surface area (Å²) >= 11 is 1.98. The summed E-state index contributed by atoms with van der Waals surface area (Å²) in [6, 6.07) is 0.872. The molecule has 17 heavy (non-hydrogen) atoms. The standard InChI is InChI=1S/C15H27NS/c1-17-4-2-3-16-15-10-13-6-11-5-12(7-13)9-14(15)8-11/h11-16H,2-10H2,1H3. The van der Waals surface area contributed by atoms with Gasteiger partial charge in [0.2, 0.25) is 0 Å². The van der Waals surface area contributed by atoms with Gasteiger partial charge in [0.15, 0.2) is 0 Å². The van der Waals surface area contributed by atoms with Crippen molar-refractivity contribution in [2.45, 2.75) is 51.0 Å². The van der Waals surface area contributed by atoms with E-state index in [0.717, 1.165) is 29.7 Å². The molecule has 0 aromatic rings. The van der Waals surface area contributed by atoms with Crippen molar-refractivity contribution in [3.8, 4) is 0 Å². The molecule has 3 atom stereocenters. The van der Waals surface area contributed by atoms with Gasteiger partial charge in [-0.25, -0.2) is 0 Å². The Bertz CT molecular complexity index is 241. The number of hydrogen-bond donors (Lipinski definition) is 1. The van der Waals surface area contributed by atoms with Crippen molar-refractivity contribution >= 4 is 11.8 Å². The van der Waals surface area contributed by atoms with Crippen molar-refractivity contribution in [3.63, 3.8) is 0 Å². The highest BCUT2D eigenvalue weighted by molar-refractivity contribution is 7.98. The molecule has 1 N–H and O–H groups in total. The van der Waals surface area contributed by atoms with Crippen LogP contribution >= 0.6 is 11.8 Å². The molecule has 4 aliphatic rings. The minimum atomic E-state index is 0.872. The molecule has 0 aromatic heterocycles. The molecule has 1 nitrogen and oxygen atoms in total. The molecule has 4 saturated carbocycles. The molecule has 2 heteroatoms. The average Bonchev–Trinajstić information content (AvgIpc) is 2.49. The molecule has 3 unspecified atom stereocenters. The highest BCUT2D eigenvalue weighted by atomic mass is 32.2. The van der Waals surface area contributed by atoms with Gasteiger partial charge in [0.05, 0.1) is 0 Å². The van der Waals surface area contributed by atoms with Crippen molar-refractivity contribution in [1.82, 2.24) is 5.32 Å². The lowest BCUT2D eigenvalue weighted by atomic mass is 9.67. The molecule has 4 rings (SSSR count). The number of hydrogen-bond acceptors (Lipinski definition) is 2. The van der Waals surface area contributed by atoms with Gasteiger partial charge in [-0.15, -0.1) is 0 Å². The highest BCUT2D eigenvalue weighted by Gasteiger charge is 2.43. The number of fused-ring (bicyclic) bond motifs is 1. The Hall–Kier alpha value is 0.310. The van der Waals surface area contributed by atoms with Crippen molar-refractivity contribution in [2.24, 2.45) is 23.7 Å². The summed E-state index contributed by atoms with van der Waals surface area (Å²) in [5.41, 5.74) is 0. The summed E-state index contributed by atoms with van der Waals surface area (Å²) in [6.07, 6.45) is 12.9. The van der Waals surface area contributed by atoms with E-state index in [4.69, 9.17) is 0 Å². The van der Waals surface area contributed by atoms with E-state index in [1.165, 1.54) is 25.1 Å². The monoisotopic (exact) mass is 253 g/mol. The van der Waals surface area contributed by atoms with Crippen LogP contribution in [0, 0.1) is 23.7 Å². The molecule has 0 aliphatic heterocycles. The van der Waals surface area contributed by atoms with Gasteiger partial charge in [-0.3, -0.25) is 0 Å². The molecule has 0 saturated heterocycles. The molecule has 0 aromatic carbocycles. The van der Waals surface area contributed by atoms with Crippen LogP contribution in [0.25, 0.3) is 0 Å². The summed E-state index contributed by atoms with van der Waals surface area (Å²) in [5, 5.41) is 3.90. The minimum Gasteiger partial charge on any atom is -0.314 e. The molecule has 4 aliphatic carbocycles. The zero-order valence-corrected chi connectivity index (χ0v) is 12.0. The van der Waals surface area contributed by atoms with Crippen molar-refractivity contribution in [1.29, 1.82) is 0 Å². The van der Waals surface area contributed by atoms with Crippen LogP contribution in [0.2, 0.25) is 0 Å². The van der Waals surface area contributed by atoms with Crippen LogP contribution in [0.3, 0.4) is 0 Å². The Morgan fingerprint density at radius 3 is 2.24 bits per heavy atom. The van der Waals surface area contributed by atoms with E-state index in [9.17, 15) is 0 Å². The van der Waals surface area contributed by atoms with Crippen LogP contribution < -0.4 is 5.32 Å². The van der Waals surface area contributed by atoms with E-state index in [-0.39, 0.29) is 0 Å². The normalized spacial score (nSPS) is 43.9. The largest absolute Gasteiger partial charge is 0.314 e. The first kappa shape index (κ1) is 12.3. The van der Waals surface area contributed by atoms with E-state index in [1.54, 1.807) is 32.1 Å². The maximum atomic E-state index is 3.90. The lowest BCUT2D eigenvalue weighted by Gasteiger charge is -2.39. The average molecular weight is 253 g/mol. The first-order chi connectivity index (χ1) is 8.35. The third-order valence-electron chi connectivity index (χ3n) is 5.36. The van der Waals surface area contributed by atoms with Crippen LogP contribution in [-0.4, -0.2) is 24.6 Å². The fourth-order valence-corrected chi connectivity index (χ4v) is 5.30. The molecule has 0 amide bonds. The van der Waals surface area contributed by atoms with E-state index >= 15 is 0 Å². The summed E-state index contributed by atoms with van der Waals surface area (Å²) in [5.74, 6) is 5.63. The van der Waals surface area contributed by atoms with Gasteiger partial charge in [-0.1, -0.05) is 0 Å². The first-order valence-corrected chi connectivity index (χ1v) is 8.97. The SMILES string of the molecule is CSCCCNC1CC2CC3CC(C2)CC1C3. The molecule has 0 heterocycles. The van der Waals surface area contributed by atoms with Crippen LogP contribution in [0.15, 0.2) is 0 Å². The van der Waals surface area contributed by atoms with Crippen LogP contribution in [-0.2, 0) is 0 Å². The Balaban J connectivity index is 1.55. The van der Waals surface area contributed by atoms with E-state index in [1.807, 2.05) is 11.8 Å². The lowest BCUT2D eigenvalue weighted by molar-refractivity contribution is 0.129. The van der Waals surface area contributed by atoms with Gasteiger partial charge in [0.1, 0.15) is 0 Å². The summed E-state index contributed by atoms with van der Waals surface area (Å²) < 4.78 is 0. The first-order valence-electron chi connectivity index (χ1n) is 7.57. The second-order valence-corrected chi connectivity index (χ2v) is 7.66. The van der Waals surface area contributed by atoms with Crippen molar-refractivity contribution < 1.29 is 0 Å². The summed E-state index contributed by atoms with van der Waals surface area (Å²) in [6.45, 7) is 1.25. The van der Waals surface area contributed by atoms with Crippen LogP contribution in [0.5, 0.6) is 0 Å². The molecular formula is C15H27NS. The maximum Gasteiger partial charge on any atom is 0.00981 e. The molecule has 0 radical (unpaired) electrons. The molecule has 4 bridgehead atoms. The highest BCUT2D eigenvalue weighted by Crippen LogP contribution is 2.51. The lowest BCUT2D eigenvalue weighted by Crippen LogP contribution is -2.38. The van der Waals surface area contributed by atoms with Gasteiger partial charge < -0.3 is 5.32 Å². The Labute approximate surface area is 111 Å². The number of nitrogens with one attached hydrogen (secondary N) is 1. The number of thioether (sulfide) groups is 1. The molecule has 0 spiro atoms. The van der Waals surface area contributed by atoms with Gasteiger partial charge in [0.25, 0.3) is 0 Å². The van der Waals surface area contributed by atoms with Gasteiger partial charge in [-0.2, -0.15) is 11.8 Å². The third kappa shape index (κ3) is 2.84. The summed E-state index contributed by atoms with van der Waals surface area (Å²) in [7, 11) is 0.